The summed E-state index contributed by atoms with van der Waals surface area (Å²) < 4.78 is 0. The Morgan fingerprint density at radius 3 is 2.67 bits per heavy atom. The number of carbonyl (C=O) groups excluding carboxylic acids is 3. The van der Waals surface area contributed by atoms with Crippen molar-refractivity contribution in [3.05, 3.63) is 29.3 Å². The Bertz CT molecular complexity index is 553. The summed E-state index contributed by atoms with van der Waals surface area (Å²) in [6, 6.07) is 4.26. The molecular weight excluding hydrogens is 234 g/mol. The van der Waals surface area contributed by atoms with E-state index in [-0.39, 0.29) is 0 Å². The quantitative estimate of drug-likeness (QED) is 0.330. The Balaban J connectivity index is 2.49. The van der Waals surface area contributed by atoms with Crippen molar-refractivity contribution in [3.63, 3.8) is 0 Å². The van der Waals surface area contributed by atoms with Crippen molar-refractivity contribution in [1.29, 1.82) is 0 Å². The van der Waals surface area contributed by atoms with Gasteiger partial charge in [0.15, 0.2) is 0 Å². The fraction of sp³-hybridized carbons (Fsp3) is 0.250. The topological polar surface area (TPSA) is 92.5 Å². The standard InChI is InChI=1S/C12H13N3O3/c1-6-3-4-9-8(5-6)10(16)12(18)15(9)7(2)11(17)14-13/h3-5,7H,13H2,1-2H3,(H,14,17). The van der Waals surface area contributed by atoms with Crippen LogP contribution in [0.25, 0.3) is 0 Å². The minimum absolute atomic E-state index is 0.330. The molecule has 2 rings (SSSR count). The summed E-state index contributed by atoms with van der Waals surface area (Å²) >= 11 is 0. The first-order valence-electron chi connectivity index (χ1n) is 5.46. The molecule has 3 N–H and O–H groups in total. The zero-order valence-corrected chi connectivity index (χ0v) is 10.1. The van der Waals surface area contributed by atoms with Crippen LogP contribution in [0.2, 0.25) is 0 Å². The monoisotopic (exact) mass is 247 g/mol. The molecule has 1 atom stereocenters. The fourth-order valence-electron chi connectivity index (χ4n) is 2.00. The summed E-state index contributed by atoms with van der Waals surface area (Å²) in [5.41, 5.74) is 3.64. The van der Waals surface area contributed by atoms with Gasteiger partial charge >= 0.3 is 0 Å². The number of nitrogens with zero attached hydrogens (tertiary/aromatic N) is 1. The van der Waals surface area contributed by atoms with E-state index in [0.717, 1.165) is 5.56 Å². The molecular formula is C12H13N3O3. The smallest absolute Gasteiger partial charge is 0.293 e. The number of rotatable bonds is 2. The van der Waals surface area contributed by atoms with Crippen LogP contribution in [-0.2, 0) is 9.59 Å². The Kier molecular flexibility index (Phi) is 2.88. The van der Waals surface area contributed by atoms with Gasteiger partial charge in [-0.25, -0.2) is 5.84 Å². The highest BCUT2D eigenvalue weighted by molar-refractivity contribution is 6.52. The number of hydrogen-bond donors (Lipinski definition) is 2. The fourth-order valence-corrected chi connectivity index (χ4v) is 2.00. The lowest BCUT2D eigenvalue weighted by molar-refractivity contribution is -0.124. The highest BCUT2D eigenvalue weighted by atomic mass is 16.2. The second kappa shape index (κ2) is 4.23. The van der Waals surface area contributed by atoms with Gasteiger partial charge < -0.3 is 0 Å². The van der Waals surface area contributed by atoms with Crippen molar-refractivity contribution in [3.8, 4) is 0 Å². The maximum absolute atomic E-state index is 11.9. The Labute approximate surface area is 104 Å². The van der Waals surface area contributed by atoms with Gasteiger partial charge in [-0.15, -0.1) is 0 Å². The average molecular weight is 247 g/mol. The van der Waals surface area contributed by atoms with E-state index in [2.05, 4.69) is 0 Å². The molecule has 6 nitrogen and oxygen atoms in total. The summed E-state index contributed by atoms with van der Waals surface area (Å²) in [7, 11) is 0. The van der Waals surface area contributed by atoms with Crippen molar-refractivity contribution in [2.45, 2.75) is 19.9 Å². The van der Waals surface area contributed by atoms with Crippen LogP contribution in [0.15, 0.2) is 18.2 Å². The molecule has 0 aliphatic carbocycles. The molecule has 1 aromatic carbocycles. The maximum atomic E-state index is 11.9. The molecule has 1 aromatic rings. The third-order valence-corrected chi connectivity index (χ3v) is 2.98. The van der Waals surface area contributed by atoms with E-state index in [0.29, 0.717) is 11.3 Å². The number of nitrogens with one attached hydrogen (secondary N) is 1. The summed E-state index contributed by atoms with van der Waals surface area (Å²) in [5, 5.41) is 0. The summed E-state index contributed by atoms with van der Waals surface area (Å²) in [4.78, 5) is 36.4. The van der Waals surface area contributed by atoms with Gasteiger partial charge in [-0.05, 0) is 26.0 Å². The molecule has 1 aliphatic heterocycles. The van der Waals surface area contributed by atoms with Crippen molar-refractivity contribution in [1.82, 2.24) is 5.43 Å². The van der Waals surface area contributed by atoms with Gasteiger partial charge in [-0.2, -0.15) is 0 Å². The number of hydrazine groups is 1. The van der Waals surface area contributed by atoms with Gasteiger partial charge in [0.05, 0.1) is 11.3 Å². The van der Waals surface area contributed by atoms with Crippen LogP contribution in [0, 0.1) is 6.92 Å². The number of carbonyl (C=O) groups is 3. The number of Topliss-reactive ketones (excluding diaryl/α,β-unsaturated/α-hetero) is 1. The minimum Gasteiger partial charge on any atom is -0.293 e. The third kappa shape index (κ3) is 1.67. The van der Waals surface area contributed by atoms with E-state index < -0.39 is 23.6 Å². The largest absolute Gasteiger partial charge is 0.300 e. The highest BCUT2D eigenvalue weighted by Crippen LogP contribution is 2.31. The summed E-state index contributed by atoms with van der Waals surface area (Å²) in [6.45, 7) is 3.35. The first-order valence-corrected chi connectivity index (χ1v) is 5.46. The van der Waals surface area contributed by atoms with Gasteiger partial charge in [0, 0.05) is 0 Å². The number of anilines is 1. The van der Waals surface area contributed by atoms with Gasteiger partial charge in [0.2, 0.25) is 0 Å². The number of nitrogens with two attached hydrogens (primary N) is 1. The highest BCUT2D eigenvalue weighted by Gasteiger charge is 2.40. The lowest BCUT2D eigenvalue weighted by Crippen LogP contribution is -2.49. The SMILES string of the molecule is Cc1ccc2c(c1)C(=O)C(=O)N2C(C)C(=O)NN. The van der Waals surface area contributed by atoms with Crippen molar-refractivity contribution < 1.29 is 14.4 Å². The van der Waals surface area contributed by atoms with Crippen LogP contribution in [0.5, 0.6) is 0 Å². The molecule has 2 amide bonds. The predicted octanol–water partition coefficient (Wildman–Crippen LogP) is -0.0973. The van der Waals surface area contributed by atoms with Crippen LogP contribution < -0.4 is 16.2 Å². The van der Waals surface area contributed by atoms with E-state index in [1.54, 1.807) is 18.2 Å². The lowest BCUT2D eigenvalue weighted by atomic mass is 10.1. The average Bonchev–Trinajstić information content (AvgIpc) is 2.60. The summed E-state index contributed by atoms with van der Waals surface area (Å²) in [5.74, 6) is 3.22. The van der Waals surface area contributed by atoms with Crippen LogP contribution in [0.1, 0.15) is 22.8 Å². The van der Waals surface area contributed by atoms with Gasteiger partial charge in [0.1, 0.15) is 6.04 Å². The summed E-state index contributed by atoms with van der Waals surface area (Å²) in [6.07, 6.45) is 0. The third-order valence-electron chi connectivity index (χ3n) is 2.98. The lowest BCUT2D eigenvalue weighted by Gasteiger charge is -2.22. The Morgan fingerprint density at radius 2 is 2.06 bits per heavy atom. The first kappa shape index (κ1) is 12.3. The molecule has 94 valence electrons. The van der Waals surface area contributed by atoms with Crippen molar-refractivity contribution in [2.24, 2.45) is 5.84 Å². The van der Waals surface area contributed by atoms with Crippen LogP contribution in [0.4, 0.5) is 5.69 Å². The first-order chi connectivity index (χ1) is 8.47. The normalized spacial score (nSPS) is 15.6. The Morgan fingerprint density at radius 1 is 1.39 bits per heavy atom. The molecule has 18 heavy (non-hydrogen) atoms. The number of ketones is 1. The number of aryl methyl sites for hydroxylation is 1. The molecule has 0 spiro atoms. The zero-order chi connectivity index (χ0) is 13.4. The number of hydrogen-bond acceptors (Lipinski definition) is 4. The second-order valence-corrected chi connectivity index (χ2v) is 4.21. The van der Waals surface area contributed by atoms with Gasteiger partial charge in [-0.3, -0.25) is 24.7 Å². The molecule has 1 heterocycles. The van der Waals surface area contributed by atoms with E-state index >= 15 is 0 Å². The van der Waals surface area contributed by atoms with E-state index in [9.17, 15) is 14.4 Å². The van der Waals surface area contributed by atoms with E-state index in [1.807, 2.05) is 12.3 Å². The molecule has 0 saturated heterocycles. The van der Waals surface area contributed by atoms with Gasteiger partial charge in [0.25, 0.3) is 17.6 Å². The van der Waals surface area contributed by atoms with Crippen LogP contribution in [-0.4, -0.2) is 23.6 Å². The van der Waals surface area contributed by atoms with Crippen LogP contribution >= 0.6 is 0 Å². The molecule has 0 aromatic heterocycles. The molecule has 1 aliphatic rings. The minimum atomic E-state index is -0.824. The van der Waals surface area contributed by atoms with Crippen LogP contribution in [0.3, 0.4) is 0 Å². The van der Waals surface area contributed by atoms with E-state index in [1.165, 1.54) is 11.8 Å². The number of amides is 2. The number of fused-ring (bicyclic) bond motifs is 1. The zero-order valence-electron chi connectivity index (χ0n) is 10.1. The van der Waals surface area contributed by atoms with Crippen molar-refractivity contribution >= 4 is 23.3 Å². The molecule has 0 bridgehead atoms. The molecule has 0 radical (unpaired) electrons. The van der Waals surface area contributed by atoms with Gasteiger partial charge in [-0.1, -0.05) is 11.6 Å². The maximum Gasteiger partial charge on any atom is 0.300 e. The Hall–Kier alpha value is -2.21. The molecule has 0 fully saturated rings. The molecule has 1 unspecified atom stereocenters. The van der Waals surface area contributed by atoms with E-state index in [4.69, 9.17) is 5.84 Å². The number of benzene rings is 1. The second-order valence-electron chi connectivity index (χ2n) is 4.21. The van der Waals surface area contributed by atoms with Crippen molar-refractivity contribution in [2.75, 3.05) is 4.90 Å². The molecule has 0 saturated carbocycles. The predicted molar refractivity (Wildman–Crippen MR) is 64.8 cm³/mol. The molecule has 6 heteroatoms.